The predicted molar refractivity (Wildman–Crippen MR) is 129 cm³/mol. The van der Waals surface area contributed by atoms with Crippen LogP contribution in [0, 0.1) is 0 Å². The summed E-state index contributed by atoms with van der Waals surface area (Å²) < 4.78 is 32.2. The lowest BCUT2D eigenvalue weighted by molar-refractivity contribution is 0.468. The Morgan fingerprint density at radius 2 is 1.68 bits per heavy atom. The van der Waals surface area contributed by atoms with Gasteiger partial charge in [0.15, 0.2) is 0 Å². The molecule has 10 heteroatoms. The summed E-state index contributed by atoms with van der Waals surface area (Å²) in [6.07, 6.45) is 2.74. The molecule has 0 aliphatic heterocycles. The third-order valence-corrected chi connectivity index (χ3v) is 5.71. The van der Waals surface area contributed by atoms with Crippen molar-refractivity contribution in [2.24, 2.45) is 5.10 Å². The van der Waals surface area contributed by atoms with Crippen molar-refractivity contribution in [1.29, 1.82) is 0 Å². The van der Waals surface area contributed by atoms with Gasteiger partial charge in [0.25, 0.3) is 0 Å². The van der Waals surface area contributed by atoms with Crippen molar-refractivity contribution in [3.63, 3.8) is 0 Å². The molecule has 0 aliphatic rings. The van der Waals surface area contributed by atoms with E-state index in [1.165, 1.54) is 0 Å². The molecule has 3 rings (SSSR count). The van der Waals surface area contributed by atoms with Crippen molar-refractivity contribution in [3.05, 3.63) is 80.7 Å². The third kappa shape index (κ3) is 7.27. The van der Waals surface area contributed by atoms with Crippen molar-refractivity contribution in [1.82, 2.24) is 5.43 Å². The van der Waals surface area contributed by atoms with Gasteiger partial charge in [-0.05, 0) is 79.4 Å². The molecule has 0 aromatic heterocycles. The van der Waals surface area contributed by atoms with Gasteiger partial charge in [0, 0.05) is 6.07 Å². The van der Waals surface area contributed by atoms with Gasteiger partial charge >= 0.3 is 0 Å². The Morgan fingerprint density at radius 3 is 2.35 bits per heavy atom. The van der Waals surface area contributed by atoms with E-state index in [-0.39, 0.29) is 5.75 Å². The lowest BCUT2D eigenvalue weighted by Gasteiger charge is -2.10. The topological polar surface area (TPSA) is 100 Å². The predicted octanol–water partition coefficient (Wildman–Crippen LogP) is 5.20. The fourth-order valence-corrected chi connectivity index (χ4v) is 4.39. The van der Waals surface area contributed by atoms with Crippen LogP contribution in [-0.4, -0.2) is 26.0 Å². The maximum absolute atomic E-state index is 11.4. The zero-order valence-electron chi connectivity index (χ0n) is 16.3. The number of anilines is 1. The number of phenolic OH excluding ortho intramolecular Hbond substituents is 1. The number of sulfonamides is 1. The van der Waals surface area contributed by atoms with E-state index >= 15 is 0 Å². The van der Waals surface area contributed by atoms with Crippen LogP contribution in [0.2, 0.25) is 0 Å². The van der Waals surface area contributed by atoms with Crippen LogP contribution in [0.4, 0.5) is 5.69 Å². The number of nitrogens with one attached hydrogen (secondary N) is 2. The Labute approximate surface area is 197 Å². The zero-order chi connectivity index (χ0) is 22.4. The molecule has 0 saturated heterocycles. The molecule has 0 spiro atoms. The van der Waals surface area contributed by atoms with E-state index < -0.39 is 10.0 Å². The Kier molecular flexibility index (Phi) is 7.58. The minimum Gasteiger partial charge on any atom is -0.506 e. The van der Waals surface area contributed by atoms with Gasteiger partial charge in [-0.25, -0.2) is 8.42 Å². The maximum Gasteiger partial charge on any atom is 0.229 e. The summed E-state index contributed by atoms with van der Waals surface area (Å²) in [5.41, 5.74) is 5.16. The molecule has 7 nitrogen and oxygen atoms in total. The Bertz CT molecular complexity index is 1190. The van der Waals surface area contributed by atoms with E-state index in [4.69, 9.17) is 4.74 Å². The van der Waals surface area contributed by atoms with Gasteiger partial charge in [0.05, 0.1) is 33.6 Å². The summed E-state index contributed by atoms with van der Waals surface area (Å²) >= 11 is 6.57. The molecular formula is C21H19Br2N3O4S. The number of hydrogen-bond acceptors (Lipinski definition) is 6. The van der Waals surface area contributed by atoms with Crippen LogP contribution < -0.4 is 14.9 Å². The van der Waals surface area contributed by atoms with Crippen LogP contribution in [0.3, 0.4) is 0 Å². The highest BCUT2D eigenvalue weighted by atomic mass is 79.9. The number of aromatic hydroxyl groups is 1. The van der Waals surface area contributed by atoms with Crippen LogP contribution in [0.1, 0.15) is 11.1 Å². The number of phenols is 1. The highest BCUT2D eigenvalue weighted by molar-refractivity contribution is 9.11. The normalized spacial score (nSPS) is 11.5. The van der Waals surface area contributed by atoms with Crippen LogP contribution in [0.15, 0.2) is 74.7 Å². The number of halogens is 2. The number of benzene rings is 3. The molecule has 3 N–H and O–H groups in total. The molecule has 0 bridgehead atoms. The molecule has 0 amide bonds. The zero-order valence-corrected chi connectivity index (χ0v) is 20.3. The average Bonchev–Trinajstić information content (AvgIpc) is 2.68. The molecule has 162 valence electrons. The second-order valence-corrected chi connectivity index (χ2v) is 10.0. The number of ether oxygens (including phenoxy) is 1. The number of hydrazone groups is 1. The second-order valence-electron chi connectivity index (χ2n) is 6.58. The molecule has 0 saturated carbocycles. The van der Waals surface area contributed by atoms with Gasteiger partial charge in [0.1, 0.15) is 17.2 Å². The first-order chi connectivity index (χ1) is 14.7. The van der Waals surface area contributed by atoms with Crippen LogP contribution in [0.5, 0.6) is 17.2 Å². The van der Waals surface area contributed by atoms with Crippen LogP contribution >= 0.6 is 31.9 Å². The monoisotopic (exact) mass is 567 g/mol. The number of rotatable bonds is 8. The minimum absolute atomic E-state index is 0.138. The fourth-order valence-electron chi connectivity index (χ4n) is 2.61. The van der Waals surface area contributed by atoms with E-state index in [0.29, 0.717) is 32.7 Å². The summed E-state index contributed by atoms with van der Waals surface area (Å²) in [6, 6.07) is 17.7. The smallest absolute Gasteiger partial charge is 0.229 e. The molecule has 31 heavy (non-hydrogen) atoms. The molecule has 0 fully saturated rings. The van der Waals surface area contributed by atoms with Gasteiger partial charge in [-0.15, -0.1) is 0 Å². The second kappa shape index (κ2) is 10.2. The molecular weight excluding hydrogens is 550 g/mol. The molecule has 3 aromatic carbocycles. The third-order valence-electron chi connectivity index (χ3n) is 3.90. The average molecular weight is 569 g/mol. The van der Waals surface area contributed by atoms with Gasteiger partial charge in [0.2, 0.25) is 10.0 Å². The van der Waals surface area contributed by atoms with Crippen molar-refractivity contribution < 1.29 is 18.3 Å². The lowest BCUT2D eigenvalue weighted by Crippen LogP contribution is -2.09. The first-order valence-electron chi connectivity index (χ1n) is 8.98. The van der Waals surface area contributed by atoms with Gasteiger partial charge in [-0.2, -0.15) is 5.10 Å². The van der Waals surface area contributed by atoms with Gasteiger partial charge in [-0.3, -0.25) is 4.72 Å². The van der Waals surface area contributed by atoms with Crippen molar-refractivity contribution in [2.75, 3.05) is 11.0 Å². The summed E-state index contributed by atoms with van der Waals surface area (Å²) in [7, 11) is -3.36. The SMILES string of the molecule is CS(=O)(=O)Nc1cccc(Oc2cccc(CN/N=C/c3cc(Br)c(O)c(Br)c3)c2)c1. The van der Waals surface area contributed by atoms with E-state index in [1.807, 2.05) is 24.3 Å². The van der Waals surface area contributed by atoms with Gasteiger partial charge < -0.3 is 15.3 Å². The highest BCUT2D eigenvalue weighted by Gasteiger charge is 2.06. The Morgan fingerprint density at radius 1 is 1.03 bits per heavy atom. The lowest BCUT2D eigenvalue weighted by atomic mass is 10.2. The van der Waals surface area contributed by atoms with Crippen molar-refractivity contribution in [2.45, 2.75) is 6.54 Å². The number of nitrogens with zero attached hydrogens (tertiary/aromatic N) is 1. The van der Waals surface area contributed by atoms with Crippen molar-refractivity contribution >= 4 is 53.8 Å². The molecule has 0 heterocycles. The molecule has 3 aromatic rings. The van der Waals surface area contributed by atoms with E-state index in [0.717, 1.165) is 17.4 Å². The minimum atomic E-state index is -3.36. The van der Waals surface area contributed by atoms with Gasteiger partial charge in [-0.1, -0.05) is 18.2 Å². The first kappa shape index (κ1) is 23.1. The molecule has 0 radical (unpaired) electrons. The number of hydrogen-bond donors (Lipinski definition) is 3. The van der Waals surface area contributed by atoms with Crippen LogP contribution in [0.25, 0.3) is 0 Å². The van der Waals surface area contributed by atoms with E-state index in [1.54, 1.807) is 42.6 Å². The van der Waals surface area contributed by atoms with E-state index in [2.05, 4.69) is 47.1 Å². The van der Waals surface area contributed by atoms with Crippen molar-refractivity contribution in [3.8, 4) is 17.2 Å². The Hall–Kier alpha value is -2.56. The highest BCUT2D eigenvalue weighted by Crippen LogP contribution is 2.32. The molecule has 0 unspecified atom stereocenters. The summed E-state index contributed by atoms with van der Waals surface area (Å²) in [5, 5.41) is 14.0. The summed E-state index contributed by atoms with van der Waals surface area (Å²) in [4.78, 5) is 0. The standard InChI is InChI=1S/C21H19Br2N3O4S/c1-31(28,29)26-16-5-3-7-18(11-16)30-17-6-2-4-14(8-17)12-24-25-13-15-9-19(22)21(27)20(23)10-15/h2-11,13,24,26-27H,12H2,1H3/b25-13+. The summed E-state index contributed by atoms with van der Waals surface area (Å²) in [6.45, 7) is 0.476. The van der Waals surface area contributed by atoms with Crippen LogP contribution in [-0.2, 0) is 16.6 Å². The largest absolute Gasteiger partial charge is 0.506 e. The quantitative estimate of drug-likeness (QED) is 0.256. The molecule has 0 aliphatic carbocycles. The van der Waals surface area contributed by atoms with E-state index in [9.17, 15) is 13.5 Å². The Balaban J connectivity index is 1.61. The molecule has 0 atom stereocenters. The first-order valence-corrected chi connectivity index (χ1v) is 12.5. The summed E-state index contributed by atoms with van der Waals surface area (Å²) in [5.74, 6) is 1.27. The maximum atomic E-state index is 11.4. The fraction of sp³-hybridized carbons (Fsp3) is 0.0952.